The second-order valence-corrected chi connectivity index (χ2v) is 7.30. The summed E-state index contributed by atoms with van der Waals surface area (Å²) < 4.78 is 0. The lowest BCUT2D eigenvalue weighted by molar-refractivity contribution is -0.123. The molecule has 0 radical (unpaired) electrons. The molecule has 0 spiro atoms. The third-order valence-electron chi connectivity index (χ3n) is 5.12. The van der Waals surface area contributed by atoms with Crippen molar-refractivity contribution in [2.45, 2.75) is 12.1 Å². The molecule has 1 unspecified atom stereocenters. The quantitative estimate of drug-likeness (QED) is 0.463. The summed E-state index contributed by atoms with van der Waals surface area (Å²) in [4.78, 5) is 30.4. The van der Waals surface area contributed by atoms with Crippen LogP contribution in [0.1, 0.15) is 39.3 Å². The summed E-state index contributed by atoms with van der Waals surface area (Å²) in [5, 5.41) is 5.98. The molecule has 5 heteroatoms. The van der Waals surface area contributed by atoms with Gasteiger partial charge < -0.3 is 10.6 Å². The van der Waals surface area contributed by atoms with Gasteiger partial charge in [-0.3, -0.25) is 14.6 Å². The minimum Gasteiger partial charge on any atom is -0.343 e. The molecule has 158 valence electrons. The second kappa shape index (κ2) is 10.2. The largest absolute Gasteiger partial charge is 0.343 e. The van der Waals surface area contributed by atoms with Gasteiger partial charge in [-0.1, -0.05) is 97.1 Å². The number of nitrogens with one attached hydrogen (secondary N) is 2. The lowest BCUT2D eigenvalue weighted by Crippen LogP contribution is -2.42. The van der Waals surface area contributed by atoms with E-state index in [0.717, 1.165) is 11.1 Å². The van der Waals surface area contributed by atoms with Gasteiger partial charge in [0.05, 0.1) is 6.04 Å². The van der Waals surface area contributed by atoms with Gasteiger partial charge in [0, 0.05) is 6.20 Å². The van der Waals surface area contributed by atoms with E-state index in [-0.39, 0.29) is 17.6 Å². The van der Waals surface area contributed by atoms with E-state index in [9.17, 15) is 9.59 Å². The lowest BCUT2D eigenvalue weighted by Gasteiger charge is -2.24. The van der Waals surface area contributed by atoms with E-state index in [4.69, 9.17) is 0 Å². The van der Waals surface area contributed by atoms with Gasteiger partial charge in [0.25, 0.3) is 5.91 Å². The van der Waals surface area contributed by atoms with Crippen molar-refractivity contribution in [3.63, 3.8) is 0 Å². The lowest BCUT2D eigenvalue weighted by atomic mass is 9.97. The average molecular weight is 422 g/mol. The van der Waals surface area contributed by atoms with Gasteiger partial charge in [0.15, 0.2) is 0 Å². The van der Waals surface area contributed by atoms with Gasteiger partial charge in [-0.2, -0.15) is 0 Å². The van der Waals surface area contributed by atoms with Crippen molar-refractivity contribution in [3.05, 3.63) is 138 Å². The first-order chi connectivity index (χ1) is 15.7. The van der Waals surface area contributed by atoms with Crippen molar-refractivity contribution in [3.8, 4) is 0 Å². The van der Waals surface area contributed by atoms with Crippen molar-refractivity contribution in [1.29, 1.82) is 0 Å². The van der Waals surface area contributed by atoms with E-state index in [1.165, 1.54) is 0 Å². The number of nitrogens with zero attached hydrogens (tertiary/aromatic N) is 1. The predicted molar refractivity (Wildman–Crippen MR) is 124 cm³/mol. The second-order valence-electron chi connectivity index (χ2n) is 7.30. The van der Waals surface area contributed by atoms with E-state index >= 15 is 0 Å². The molecule has 0 saturated heterocycles. The first-order valence-corrected chi connectivity index (χ1v) is 10.4. The summed E-state index contributed by atoms with van der Waals surface area (Å²) in [6.07, 6.45) is 1.55. The number of benzene rings is 3. The molecule has 0 aliphatic heterocycles. The smallest absolute Gasteiger partial charge is 0.270 e. The highest BCUT2D eigenvalue weighted by Gasteiger charge is 2.27. The number of hydrogen-bond donors (Lipinski definition) is 2. The van der Waals surface area contributed by atoms with E-state index in [0.29, 0.717) is 5.56 Å². The van der Waals surface area contributed by atoms with Crippen LogP contribution in [-0.2, 0) is 4.79 Å². The van der Waals surface area contributed by atoms with Crippen LogP contribution >= 0.6 is 0 Å². The summed E-state index contributed by atoms with van der Waals surface area (Å²) in [5.74, 6) is -0.719. The summed E-state index contributed by atoms with van der Waals surface area (Å²) in [6, 6.07) is 32.6. The van der Waals surface area contributed by atoms with Crippen LogP contribution in [0.5, 0.6) is 0 Å². The van der Waals surface area contributed by atoms with Crippen LogP contribution in [0.3, 0.4) is 0 Å². The highest BCUT2D eigenvalue weighted by atomic mass is 16.2. The van der Waals surface area contributed by atoms with Gasteiger partial charge in [0.2, 0.25) is 5.91 Å². The third-order valence-corrected chi connectivity index (χ3v) is 5.12. The third kappa shape index (κ3) is 5.08. The van der Waals surface area contributed by atoms with E-state index < -0.39 is 11.9 Å². The Hall–Kier alpha value is -4.25. The predicted octanol–water partition coefficient (Wildman–Crippen LogP) is 4.46. The minimum atomic E-state index is -0.874. The zero-order valence-corrected chi connectivity index (χ0v) is 17.4. The van der Waals surface area contributed by atoms with Crippen molar-refractivity contribution >= 4 is 11.8 Å². The maximum atomic E-state index is 13.5. The van der Waals surface area contributed by atoms with E-state index in [1.807, 2.05) is 91.0 Å². The first kappa shape index (κ1) is 21.0. The Morgan fingerprint density at radius 2 is 1.09 bits per heavy atom. The molecule has 1 aromatic heterocycles. The molecule has 32 heavy (non-hydrogen) atoms. The van der Waals surface area contributed by atoms with Crippen molar-refractivity contribution < 1.29 is 9.59 Å². The molecule has 4 rings (SSSR count). The Morgan fingerprint density at radius 3 is 1.59 bits per heavy atom. The molecule has 1 heterocycles. The number of hydrogen-bond acceptors (Lipinski definition) is 3. The van der Waals surface area contributed by atoms with Crippen LogP contribution in [0.15, 0.2) is 115 Å². The van der Waals surface area contributed by atoms with Crippen LogP contribution in [0.2, 0.25) is 0 Å². The molecule has 0 aliphatic carbocycles. The molecule has 1 atom stereocenters. The molecular weight excluding hydrogens is 398 g/mol. The molecule has 0 bridgehead atoms. The van der Waals surface area contributed by atoms with Crippen LogP contribution in [0.4, 0.5) is 0 Å². The average Bonchev–Trinajstić information content (AvgIpc) is 2.87. The molecule has 2 amide bonds. The normalized spacial score (nSPS) is 11.5. The molecule has 2 N–H and O–H groups in total. The Balaban J connectivity index is 1.64. The molecule has 4 aromatic rings. The molecule has 5 nitrogen and oxygen atoms in total. The highest BCUT2D eigenvalue weighted by molar-refractivity contribution is 5.96. The number of aromatic nitrogens is 1. The SMILES string of the molecule is O=C(NC(C(=O)NC(c1ccccc1)c1ccccc1)c1ccccc1)c1ccccn1. The fourth-order valence-electron chi connectivity index (χ4n) is 3.52. The van der Waals surface area contributed by atoms with Crippen molar-refractivity contribution in [2.75, 3.05) is 0 Å². The number of pyridine rings is 1. The number of carbonyl (C=O) groups is 2. The van der Waals surface area contributed by atoms with E-state index in [1.54, 1.807) is 24.4 Å². The number of amides is 2. The van der Waals surface area contributed by atoms with Gasteiger partial charge in [0.1, 0.15) is 11.7 Å². The Kier molecular flexibility index (Phi) is 6.68. The minimum absolute atomic E-state index is 0.254. The first-order valence-electron chi connectivity index (χ1n) is 10.4. The summed E-state index contributed by atoms with van der Waals surface area (Å²) in [5.41, 5.74) is 2.85. The summed E-state index contributed by atoms with van der Waals surface area (Å²) in [6.45, 7) is 0. The Labute approximate surface area is 187 Å². The standard InChI is InChI=1S/C27H23N3O2/c31-26(23-18-10-11-19-28-23)30-25(22-16-8-3-9-17-22)27(32)29-24(20-12-4-1-5-13-20)21-14-6-2-7-15-21/h1-19,24-25H,(H,29,32)(H,30,31). The monoisotopic (exact) mass is 421 g/mol. The molecule has 0 fully saturated rings. The van der Waals surface area contributed by atoms with Gasteiger partial charge in [-0.25, -0.2) is 0 Å². The number of rotatable bonds is 7. The zero-order valence-electron chi connectivity index (χ0n) is 17.4. The van der Waals surface area contributed by atoms with Gasteiger partial charge >= 0.3 is 0 Å². The topological polar surface area (TPSA) is 71.1 Å². The Morgan fingerprint density at radius 1 is 0.594 bits per heavy atom. The van der Waals surface area contributed by atoms with Crippen molar-refractivity contribution in [1.82, 2.24) is 15.6 Å². The maximum absolute atomic E-state index is 13.5. The fourth-order valence-corrected chi connectivity index (χ4v) is 3.52. The van der Waals surface area contributed by atoms with Crippen molar-refractivity contribution in [2.24, 2.45) is 0 Å². The maximum Gasteiger partial charge on any atom is 0.270 e. The fraction of sp³-hybridized carbons (Fsp3) is 0.0741. The summed E-state index contributed by atoms with van der Waals surface area (Å²) in [7, 11) is 0. The van der Waals surface area contributed by atoms with Crippen LogP contribution in [0.25, 0.3) is 0 Å². The number of carbonyl (C=O) groups excluding carboxylic acids is 2. The summed E-state index contributed by atoms with van der Waals surface area (Å²) >= 11 is 0. The zero-order chi connectivity index (χ0) is 22.2. The molecule has 0 saturated carbocycles. The Bertz CT molecular complexity index is 1110. The van der Waals surface area contributed by atoms with E-state index in [2.05, 4.69) is 15.6 Å². The van der Waals surface area contributed by atoms with Crippen LogP contribution in [-0.4, -0.2) is 16.8 Å². The molecule has 0 aliphatic rings. The highest BCUT2D eigenvalue weighted by Crippen LogP contribution is 2.24. The van der Waals surface area contributed by atoms with Crippen LogP contribution in [0, 0.1) is 0 Å². The van der Waals surface area contributed by atoms with Gasteiger partial charge in [-0.05, 0) is 28.8 Å². The van der Waals surface area contributed by atoms with Gasteiger partial charge in [-0.15, -0.1) is 0 Å². The molecule has 3 aromatic carbocycles. The van der Waals surface area contributed by atoms with Crippen LogP contribution < -0.4 is 10.6 Å². The molecular formula is C27H23N3O2.